The van der Waals surface area contributed by atoms with Crippen molar-refractivity contribution in [3.05, 3.63) is 70.3 Å². The number of thioether (sulfide) groups is 1. The van der Waals surface area contributed by atoms with Gasteiger partial charge in [0, 0.05) is 10.8 Å². The highest BCUT2D eigenvalue weighted by molar-refractivity contribution is 8.14. The lowest BCUT2D eigenvalue weighted by atomic mass is 9.85. The molecule has 0 saturated carbocycles. The minimum absolute atomic E-state index is 0.239. The van der Waals surface area contributed by atoms with E-state index in [2.05, 4.69) is 84.9 Å². The Kier molecular flexibility index (Phi) is 8.37. The molecule has 0 spiro atoms. The molecule has 1 nitrogen and oxygen atoms in total. The third kappa shape index (κ3) is 5.98. The van der Waals surface area contributed by atoms with E-state index in [1.807, 2.05) is 6.07 Å². The second-order valence-electron chi connectivity index (χ2n) is 8.78. The van der Waals surface area contributed by atoms with Gasteiger partial charge in [0.1, 0.15) is 0 Å². The van der Waals surface area contributed by atoms with Crippen molar-refractivity contribution in [3.63, 3.8) is 0 Å². The van der Waals surface area contributed by atoms with Crippen LogP contribution in [0.1, 0.15) is 105 Å². The van der Waals surface area contributed by atoms with Crippen LogP contribution in [-0.2, 0) is 6.42 Å². The van der Waals surface area contributed by atoms with Crippen molar-refractivity contribution in [1.29, 1.82) is 0 Å². The van der Waals surface area contributed by atoms with Crippen LogP contribution in [0.25, 0.3) is 0 Å². The van der Waals surface area contributed by atoms with Gasteiger partial charge in [0.25, 0.3) is 0 Å². The predicted molar refractivity (Wildman–Crippen MR) is 125 cm³/mol. The number of benzene rings is 2. The molecule has 0 amide bonds. The van der Waals surface area contributed by atoms with Gasteiger partial charge >= 0.3 is 0 Å². The van der Waals surface area contributed by atoms with Crippen molar-refractivity contribution in [1.82, 2.24) is 0 Å². The molecular formula is C26H36OS. The summed E-state index contributed by atoms with van der Waals surface area (Å²) in [4.78, 5) is 13.4. The van der Waals surface area contributed by atoms with E-state index in [4.69, 9.17) is 0 Å². The molecule has 2 aromatic rings. The molecule has 2 rings (SSSR count). The van der Waals surface area contributed by atoms with E-state index in [9.17, 15) is 4.79 Å². The quantitative estimate of drug-likeness (QED) is 0.450. The number of carbonyl (C=O) groups excluding carboxylic acids is 1. The predicted octanol–water partition coefficient (Wildman–Crippen LogP) is 7.95. The Bertz CT molecular complexity index is 745. The summed E-state index contributed by atoms with van der Waals surface area (Å²) < 4.78 is 0. The third-order valence-corrected chi connectivity index (χ3v) is 6.38. The summed E-state index contributed by atoms with van der Waals surface area (Å²) in [6.07, 6.45) is 2.03. The van der Waals surface area contributed by atoms with Gasteiger partial charge in [-0.1, -0.05) is 103 Å². The van der Waals surface area contributed by atoms with E-state index in [1.165, 1.54) is 34.0 Å². The molecule has 0 unspecified atom stereocenters. The van der Waals surface area contributed by atoms with E-state index in [1.54, 1.807) is 0 Å². The van der Waals surface area contributed by atoms with Crippen molar-refractivity contribution in [2.45, 2.75) is 84.3 Å². The molecule has 0 radical (unpaired) electrons. The Morgan fingerprint density at radius 3 is 1.82 bits per heavy atom. The number of aryl methyl sites for hydroxylation is 1. The van der Waals surface area contributed by atoms with E-state index < -0.39 is 0 Å². The Hall–Kier alpha value is -1.54. The van der Waals surface area contributed by atoms with Crippen LogP contribution in [0.4, 0.5) is 0 Å². The molecule has 28 heavy (non-hydrogen) atoms. The molecule has 0 fully saturated rings. The summed E-state index contributed by atoms with van der Waals surface area (Å²) in [6.45, 7) is 15.4. The van der Waals surface area contributed by atoms with E-state index >= 15 is 0 Å². The summed E-state index contributed by atoms with van der Waals surface area (Å²) >= 11 is 1.51. The SMILES string of the molecule is CC(C)c1cc(C(C)C)c(C(=O)S[C@H](C)CCc2ccccc2)c(C(C)C)c1. The van der Waals surface area contributed by atoms with Gasteiger partial charge in [0.05, 0.1) is 0 Å². The Morgan fingerprint density at radius 2 is 1.36 bits per heavy atom. The standard InChI is InChI=1S/C26H36OS/c1-17(2)22-15-23(18(3)4)25(24(16-22)19(5)6)26(27)28-20(7)13-14-21-11-9-8-10-12-21/h8-12,15-20H,13-14H2,1-7H3/t20-/m1/s1. The monoisotopic (exact) mass is 396 g/mol. The highest BCUT2D eigenvalue weighted by Crippen LogP contribution is 2.35. The minimum Gasteiger partial charge on any atom is -0.282 e. The smallest absolute Gasteiger partial charge is 0.220 e. The zero-order valence-corrected chi connectivity index (χ0v) is 19.4. The van der Waals surface area contributed by atoms with Gasteiger partial charge in [-0.05, 0) is 52.8 Å². The van der Waals surface area contributed by atoms with Crippen LogP contribution in [0.15, 0.2) is 42.5 Å². The van der Waals surface area contributed by atoms with Crippen LogP contribution in [0.2, 0.25) is 0 Å². The second-order valence-corrected chi connectivity index (χ2v) is 10.2. The lowest BCUT2D eigenvalue weighted by Gasteiger charge is -2.22. The van der Waals surface area contributed by atoms with Crippen molar-refractivity contribution < 1.29 is 4.79 Å². The number of hydrogen-bond donors (Lipinski definition) is 0. The molecule has 2 aromatic carbocycles. The maximum atomic E-state index is 13.4. The first kappa shape index (κ1) is 22.7. The van der Waals surface area contributed by atoms with Crippen LogP contribution in [0.5, 0.6) is 0 Å². The van der Waals surface area contributed by atoms with Gasteiger partial charge in [0.15, 0.2) is 0 Å². The van der Waals surface area contributed by atoms with Crippen LogP contribution in [0, 0.1) is 0 Å². The van der Waals surface area contributed by atoms with Crippen LogP contribution < -0.4 is 0 Å². The molecule has 0 aliphatic rings. The Balaban J connectivity index is 2.25. The van der Waals surface area contributed by atoms with Crippen LogP contribution in [0.3, 0.4) is 0 Å². The fraction of sp³-hybridized carbons (Fsp3) is 0.500. The van der Waals surface area contributed by atoms with E-state index in [0.29, 0.717) is 23.0 Å². The van der Waals surface area contributed by atoms with Gasteiger partial charge in [-0.2, -0.15) is 0 Å². The first-order valence-electron chi connectivity index (χ1n) is 10.6. The maximum Gasteiger partial charge on any atom is 0.220 e. The molecule has 2 heteroatoms. The largest absolute Gasteiger partial charge is 0.282 e. The second kappa shape index (κ2) is 10.3. The van der Waals surface area contributed by atoms with Gasteiger partial charge in [0.2, 0.25) is 5.12 Å². The zero-order valence-electron chi connectivity index (χ0n) is 18.6. The molecule has 0 aliphatic heterocycles. The Morgan fingerprint density at radius 1 is 0.821 bits per heavy atom. The van der Waals surface area contributed by atoms with E-state index in [0.717, 1.165) is 18.4 Å². The number of hydrogen-bond acceptors (Lipinski definition) is 2. The molecule has 0 saturated heterocycles. The highest BCUT2D eigenvalue weighted by Gasteiger charge is 2.23. The topological polar surface area (TPSA) is 17.1 Å². The summed E-state index contributed by atoms with van der Waals surface area (Å²) in [5, 5.41) is 0.542. The summed E-state index contributed by atoms with van der Waals surface area (Å²) in [6, 6.07) is 15.1. The van der Waals surface area contributed by atoms with Crippen molar-refractivity contribution in [2.75, 3.05) is 0 Å². The first-order chi connectivity index (χ1) is 13.2. The molecule has 0 heterocycles. The lowest BCUT2D eigenvalue weighted by Crippen LogP contribution is -2.13. The molecule has 1 atom stereocenters. The van der Waals surface area contributed by atoms with Crippen molar-refractivity contribution in [3.8, 4) is 0 Å². The fourth-order valence-electron chi connectivity index (χ4n) is 3.51. The van der Waals surface area contributed by atoms with Gasteiger partial charge in [-0.15, -0.1) is 0 Å². The molecule has 0 N–H and O–H groups in total. The first-order valence-corrected chi connectivity index (χ1v) is 11.5. The molecule has 0 bridgehead atoms. The minimum atomic E-state index is 0.239. The molecular weight excluding hydrogens is 360 g/mol. The summed E-state index contributed by atoms with van der Waals surface area (Å²) in [7, 11) is 0. The van der Waals surface area contributed by atoms with Crippen molar-refractivity contribution in [2.24, 2.45) is 0 Å². The average molecular weight is 397 g/mol. The van der Waals surface area contributed by atoms with Crippen LogP contribution in [-0.4, -0.2) is 10.4 Å². The molecule has 0 aromatic heterocycles. The molecule has 0 aliphatic carbocycles. The maximum absolute atomic E-state index is 13.4. The van der Waals surface area contributed by atoms with E-state index in [-0.39, 0.29) is 5.12 Å². The summed E-state index contributed by atoms with van der Waals surface area (Å²) in [5.41, 5.74) is 6.07. The lowest BCUT2D eigenvalue weighted by molar-refractivity contribution is 0.108. The number of carbonyl (C=O) groups is 1. The van der Waals surface area contributed by atoms with Gasteiger partial charge < -0.3 is 0 Å². The molecule has 152 valence electrons. The zero-order chi connectivity index (χ0) is 20.8. The number of rotatable bonds is 8. The van der Waals surface area contributed by atoms with Gasteiger partial charge in [-0.25, -0.2) is 0 Å². The fourth-order valence-corrected chi connectivity index (χ4v) is 4.46. The highest BCUT2D eigenvalue weighted by atomic mass is 32.2. The Labute approximate surface area is 176 Å². The normalized spacial score (nSPS) is 12.8. The van der Waals surface area contributed by atoms with Crippen molar-refractivity contribution >= 4 is 16.9 Å². The summed E-state index contributed by atoms with van der Waals surface area (Å²) in [5.74, 6) is 1.15. The average Bonchev–Trinajstić information content (AvgIpc) is 2.65. The third-order valence-electron chi connectivity index (χ3n) is 5.33. The van der Waals surface area contributed by atoms with Gasteiger partial charge in [-0.3, -0.25) is 4.79 Å². The van der Waals surface area contributed by atoms with Crippen LogP contribution >= 0.6 is 11.8 Å².